The van der Waals surface area contributed by atoms with Gasteiger partial charge in [-0.05, 0) is 36.9 Å². The number of carbonyl (C=O) groups is 2. The zero-order valence-electron chi connectivity index (χ0n) is 15.6. The van der Waals surface area contributed by atoms with Crippen molar-refractivity contribution in [2.24, 2.45) is 5.84 Å². The number of likely N-dealkylation sites (N-methyl/N-ethyl adjacent to an activating group) is 1. The van der Waals surface area contributed by atoms with Crippen molar-refractivity contribution in [1.82, 2.24) is 25.5 Å². The minimum Gasteiger partial charge on any atom is -0.332 e. The fourth-order valence-corrected chi connectivity index (χ4v) is 3.18. The van der Waals surface area contributed by atoms with Crippen LogP contribution in [0, 0.1) is 5.82 Å². The van der Waals surface area contributed by atoms with Crippen LogP contribution in [0.5, 0.6) is 0 Å². The van der Waals surface area contributed by atoms with E-state index in [0.717, 1.165) is 12.1 Å². The van der Waals surface area contributed by atoms with Gasteiger partial charge in [0.25, 0.3) is 5.91 Å². The van der Waals surface area contributed by atoms with Gasteiger partial charge in [0.2, 0.25) is 0 Å². The lowest BCUT2D eigenvalue weighted by Gasteiger charge is -2.40. The molecule has 148 valence electrons. The molecule has 9 heteroatoms. The van der Waals surface area contributed by atoms with E-state index in [1.54, 1.807) is 23.1 Å². The van der Waals surface area contributed by atoms with Crippen molar-refractivity contribution in [3.05, 3.63) is 65.2 Å². The number of nitrogens with two attached hydrogens (primary N) is 1. The van der Waals surface area contributed by atoms with E-state index in [4.69, 9.17) is 5.84 Å². The minimum atomic E-state index is -0.432. The SMILES string of the molecule is CN1CCN(C(=O)NCc2ccc(C(=O)NN)cn2)C(c2cccc(F)c2)C1. The first-order valence-corrected chi connectivity index (χ1v) is 8.92. The number of urea groups is 1. The highest BCUT2D eigenvalue weighted by molar-refractivity contribution is 5.93. The number of pyridine rings is 1. The Morgan fingerprint density at radius 3 is 2.79 bits per heavy atom. The number of amides is 3. The molecule has 1 aromatic heterocycles. The average molecular weight is 386 g/mol. The number of hydrogen-bond acceptors (Lipinski definition) is 5. The van der Waals surface area contributed by atoms with E-state index in [9.17, 15) is 14.0 Å². The van der Waals surface area contributed by atoms with E-state index < -0.39 is 5.91 Å². The molecule has 2 heterocycles. The Hall–Kier alpha value is -3.04. The first kappa shape index (κ1) is 19.7. The minimum absolute atomic E-state index is 0.214. The molecule has 2 aromatic rings. The second-order valence-corrected chi connectivity index (χ2v) is 6.70. The molecule has 1 aromatic carbocycles. The lowest BCUT2D eigenvalue weighted by atomic mass is 10.0. The lowest BCUT2D eigenvalue weighted by Crippen LogP contribution is -2.52. The number of benzene rings is 1. The highest BCUT2D eigenvalue weighted by atomic mass is 19.1. The zero-order chi connectivity index (χ0) is 20.1. The van der Waals surface area contributed by atoms with Crippen molar-refractivity contribution in [3.8, 4) is 0 Å². The predicted octanol–water partition coefficient (Wildman–Crippen LogP) is 1.02. The van der Waals surface area contributed by atoms with E-state index in [-0.39, 0.29) is 24.4 Å². The number of carbonyl (C=O) groups excluding carboxylic acids is 2. The van der Waals surface area contributed by atoms with Gasteiger partial charge in [0.05, 0.1) is 23.8 Å². The molecular weight excluding hydrogens is 363 g/mol. The number of nitrogens with one attached hydrogen (secondary N) is 2. The Bertz CT molecular complexity index is 845. The third kappa shape index (κ3) is 4.62. The summed E-state index contributed by atoms with van der Waals surface area (Å²) in [4.78, 5) is 32.2. The summed E-state index contributed by atoms with van der Waals surface area (Å²) < 4.78 is 13.7. The quantitative estimate of drug-likeness (QED) is 0.414. The molecule has 1 saturated heterocycles. The maximum atomic E-state index is 13.7. The summed E-state index contributed by atoms with van der Waals surface area (Å²) in [5.41, 5.74) is 3.74. The largest absolute Gasteiger partial charge is 0.332 e. The molecule has 1 atom stereocenters. The van der Waals surface area contributed by atoms with Crippen LogP contribution >= 0.6 is 0 Å². The summed E-state index contributed by atoms with van der Waals surface area (Å²) in [6, 6.07) is 9.09. The van der Waals surface area contributed by atoms with Crippen molar-refractivity contribution in [3.63, 3.8) is 0 Å². The van der Waals surface area contributed by atoms with Crippen LogP contribution in [0.1, 0.15) is 27.7 Å². The molecule has 8 nitrogen and oxygen atoms in total. The van der Waals surface area contributed by atoms with Crippen molar-refractivity contribution in [2.75, 3.05) is 26.7 Å². The highest BCUT2D eigenvalue weighted by Gasteiger charge is 2.30. The summed E-state index contributed by atoms with van der Waals surface area (Å²) in [6.07, 6.45) is 1.40. The van der Waals surface area contributed by atoms with Crippen LogP contribution in [-0.4, -0.2) is 53.4 Å². The second kappa shape index (κ2) is 8.77. The van der Waals surface area contributed by atoms with Crippen LogP contribution < -0.4 is 16.6 Å². The first-order chi connectivity index (χ1) is 13.5. The molecule has 0 saturated carbocycles. The summed E-state index contributed by atoms with van der Waals surface area (Å²) in [5, 5.41) is 2.85. The summed E-state index contributed by atoms with van der Waals surface area (Å²) in [6.45, 7) is 2.11. The smallest absolute Gasteiger partial charge is 0.318 e. The molecule has 0 radical (unpaired) electrons. The Labute approximate surface area is 162 Å². The number of nitrogens with zero attached hydrogens (tertiary/aromatic N) is 3. The lowest BCUT2D eigenvalue weighted by molar-refractivity contribution is 0.0953. The normalized spacial score (nSPS) is 17.2. The molecule has 0 bridgehead atoms. The van der Waals surface area contributed by atoms with E-state index >= 15 is 0 Å². The molecule has 1 fully saturated rings. The number of hydrogen-bond donors (Lipinski definition) is 3. The monoisotopic (exact) mass is 386 g/mol. The third-order valence-corrected chi connectivity index (χ3v) is 4.72. The average Bonchev–Trinajstić information content (AvgIpc) is 2.71. The predicted molar refractivity (Wildman–Crippen MR) is 101 cm³/mol. The molecule has 4 N–H and O–H groups in total. The van der Waals surface area contributed by atoms with Crippen LogP contribution in [0.2, 0.25) is 0 Å². The number of nitrogen functional groups attached to an aromatic ring is 1. The van der Waals surface area contributed by atoms with Gasteiger partial charge in [-0.15, -0.1) is 0 Å². The van der Waals surface area contributed by atoms with Gasteiger partial charge < -0.3 is 15.1 Å². The van der Waals surface area contributed by atoms with Gasteiger partial charge in [0.15, 0.2) is 0 Å². The second-order valence-electron chi connectivity index (χ2n) is 6.70. The van der Waals surface area contributed by atoms with E-state index in [0.29, 0.717) is 24.3 Å². The molecule has 1 aliphatic rings. The Kier molecular flexibility index (Phi) is 6.17. The Morgan fingerprint density at radius 1 is 1.29 bits per heavy atom. The van der Waals surface area contributed by atoms with Gasteiger partial charge in [-0.25, -0.2) is 15.0 Å². The third-order valence-electron chi connectivity index (χ3n) is 4.72. The zero-order valence-corrected chi connectivity index (χ0v) is 15.6. The number of hydrazine groups is 1. The number of halogens is 1. The van der Waals surface area contributed by atoms with Crippen molar-refractivity contribution in [1.29, 1.82) is 0 Å². The standard InChI is InChI=1S/C19H23FN6O2/c1-25-7-8-26(17(12-25)13-3-2-4-15(20)9-13)19(28)23-11-16-6-5-14(10-22-16)18(27)24-21/h2-6,9-10,17H,7-8,11-12,21H2,1H3,(H,23,28)(H,24,27). The molecular formula is C19H23FN6O2. The molecule has 0 spiro atoms. The van der Waals surface area contributed by atoms with Crippen LogP contribution in [0.4, 0.5) is 9.18 Å². The topological polar surface area (TPSA) is 104 Å². The van der Waals surface area contributed by atoms with Gasteiger partial charge in [0, 0.05) is 25.8 Å². The van der Waals surface area contributed by atoms with Gasteiger partial charge in [-0.2, -0.15) is 0 Å². The molecule has 3 rings (SSSR count). The molecule has 1 aliphatic heterocycles. The van der Waals surface area contributed by atoms with Crippen molar-refractivity contribution >= 4 is 11.9 Å². The van der Waals surface area contributed by atoms with E-state index in [2.05, 4.69) is 15.2 Å². The van der Waals surface area contributed by atoms with Gasteiger partial charge >= 0.3 is 6.03 Å². The van der Waals surface area contributed by atoms with E-state index in [1.165, 1.54) is 18.3 Å². The number of rotatable bonds is 4. The molecule has 0 aliphatic carbocycles. The van der Waals surface area contributed by atoms with E-state index in [1.807, 2.05) is 18.5 Å². The summed E-state index contributed by atoms with van der Waals surface area (Å²) in [5.74, 6) is 4.33. The molecule has 3 amide bonds. The van der Waals surface area contributed by atoms with Crippen molar-refractivity contribution in [2.45, 2.75) is 12.6 Å². The number of piperazine rings is 1. The molecule has 1 unspecified atom stereocenters. The van der Waals surface area contributed by atoms with Crippen LogP contribution in [0.15, 0.2) is 42.6 Å². The maximum Gasteiger partial charge on any atom is 0.318 e. The van der Waals surface area contributed by atoms with Gasteiger partial charge in [-0.1, -0.05) is 12.1 Å². The molecule has 28 heavy (non-hydrogen) atoms. The van der Waals surface area contributed by atoms with Crippen LogP contribution in [-0.2, 0) is 6.54 Å². The number of aromatic nitrogens is 1. The Balaban J connectivity index is 1.67. The maximum absolute atomic E-state index is 13.7. The first-order valence-electron chi connectivity index (χ1n) is 8.92. The van der Waals surface area contributed by atoms with Crippen molar-refractivity contribution < 1.29 is 14.0 Å². The summed E-state index contributed by atoms with van der Waals surface area (Å²) >= 11 is 0. The van der Waals surface area contributed by atoms with Crippen LogP contribution in [0.25, 0.3) is 0 Å². The van der Waals surface area contributed by atoms with Gasteiger partial charge in [0.1, 0.15) is 5.82 Å². The Morgan fingerprint density at radius 2 is 2.11 bits per heavy atom. The van der Waals surface area contributed by atoms with Gasteiger partial charge in [-0.3, -0.25) is 15.2 Å². The fourth-order valence-electron chi connectivity index (χ4n) is 3.18. The fraction of sp³-hybridized carbons (Fsp3) is 0.316. The summed E-state index contributed by atoms with van der Waals surface area (Å²) in [7, 11) is 1.98. The van der Waals surface area contributed by atoms with Crippen LogP contribution in [0.3, 0.4) is 0 Å². The highest BCUT2D eigenvalue weighted by Crippen LogP contribution is 2.25.